The quantitative estimate of drug-likeness (QED) is 0.702. The van der Waals surface area contributed by atoms with Gasteiger partial charge >= 0.3 is 0 Å². The summed E-state index contributed by atoms with van der Waals surface area (Å²) in [4.78, 5) is 10.8. The molecule has 0 saturated carbocycles. The van der Waals surface area contributed by atoms with Gasteiger partial charge in [-0.15, -0.1) is 0 Å². The highest BCUT2D eigenvalue weighted by molar-refractivity contribution is 5.76. The van der Waals surface area contributed by atoms with Crippen molar-refractivity contribution in [3.63, 3.8) is 0 Å². The first-order valence-electron chi connectivity index (χ1n) is 4.30. The molecule has 3 N–H and O–H groups in total. The molecule has 5 heteroatoms. The maximum Gasteiger partial charge on any atom is 0.165 e. The van der Waals surface area contributed by atoms with Crippen LogP contribution in [0.15, 0.2) is 18.2 Å². The van der Waals surface area contributed by atoms with Crippen molar-refractivity contribution in [1.29, 1.82) is 0 Å². The van der Waals surface area contributed by atoms with E-state index in [1.807, 2.05) is 0 Å². The Morgan fingerprint density at radius 1 is 1.60 bits per heavy atom. The molecular formula is C10H12FNO3. The molecule has 1 atom stereocenters. The Morgan fingerprint density at radius 2 is 2.20 bits per heavy atom. The number of hydrogen-bond donors (Lipinski definition) is 1. The van der Waals surface area contributed by atoms with Gasteiger partial charge in [-0.1, -0.05) is 0 Å². The van der Waals surface area contributed by atoms with Crippen LogP contribution in [0.5, 0.6) is 5.75 Å². The molecule has 0 aliphatic carbocycles. The van der Waals surface area contributed by atoms with Crippen molar-refractivity contribution in [2.24, 2.45) is 0 Å². The van der Waals surface area contributed by atoms with Crippen molar-refractivity contribution in [2.45, 2.75) is 12.5 Å². The summed E-state index contributed by atoms with van der Waals surface area (Å²) in [7, 11) is 1.33. The van der Waals surface area contributed by atoms with Crippen LogP contribution in [0.3, 0.4) is 0 Å². The second-order valence-corrected chi connectivity index (χ2v) is 3.47. The van der Waals surface area contributed by atoms with E-state index in [2.05, 4.69) is 5.73 Å². The highest BCUT2D eigenvalue weighted by Gasteiger charge is 2.28. The second-order valence-electron chi connectivity index (χ2n) is 3.47. The number of aliphatic carboxylic acids is 1. The summed E-state index contributed by atoms with van der Waals surface area (Å²) in [6, 6.07) is 3.89. The van der Waals surface area contributed by atoms with E-state index in [4.69, 9.17) is 4.74 Å². The Morgan fingerprint density at radius 3 is 2.60 bits per heavy atom. The number of rotatable bonds is 3. The monoisotopic (exact) mass is 213 g/mol. The lowest BCUT2D eigenvalue weighted by Crippen LogP contribution is -2.75. The minimum absolute atomic E-state index is 0.0629. The van der Waals surface area contributed by atoms with Gasteiger partial charge in [-0.05, 0) is 18.2 Å². The van der Waals surface area contributed by atoms with Crippen LogP contribution < -0.4 is 15.6 Å². The molecule has 82 valence electrons. The Bertz CT molecular complexity index is 390. The molecule has 1 rings (SSSR count). The first-order chi connectivity index (χ1) is 6.89. The Hall–Kier alpha value is -1.62. The Labute approximate surface area is 86.5 Å². The van der Waals surface area contributed by atoms with Gasteiger partial charge in [0.1, 0.15) is 5.97 Å². The molecule has 1 aromatic carbocycles. The molecule has 0 spiro atoms. The predicted octanol–water partition coefficient (Wildman–Crippen LogP) is -0.959. The number of halogens is 1. The molecule has 0 aliphatic rings. The zero-order valence-electron chi connectivity index (χ0n) is 8.54. The van der Waals surface area contributed by atoms with Gasteiger partial charge in [-0.2, -0.15) is 0 Å². The molecule has 0 heterocycles. The fraction of sp³-hybridized carbons (Fsp3) is 0.300. The van der Waals surface area contributed by atoms with Crippen molar-refractivity contribution >= 4 is 5.97 Å². The van der Waals surface area contributed by atoms with E-state index in [0.29, 0.717) is 0 Å². The third-order valence-electron chi connectivity index (χ3n) is 2.24. The van der Waals surface area contributed by atoms with E-state index in [0.717, 1.165) is 6.07 Å². The van der Waals surface area contributed by atoms with Gasteiger partial charge in [0.15, 0.2) is 17.1 Å². The number of carbonyl (C=O) groups excluding carboxylic acids is 1. The van der Waals surface area contributed by atoms with Crippen LogP contribution in [0.1, 0.15) is 12.5 Å². The van der Waals surface area contributed by atoms with E-state index in [1.165, 1.54) is 26.2 Å². The van der Waals surface area contributed by atoms with E-state index in [-0.39, 0.29) is 11.3 Å². The number of benzene rings is 1. The van der Waals surface area contributed by atoms with Crippen molar-refractivity contribution in [3.05, 3.63) is 29.6 Å². The minimum atomic E-state index is -1.47. The van der Waals surface area contributed by atoms with E-state index >= 15 is 0 Å². The summed E-state index contributed by atoms with van der Waals surface area (Å²) in [5.41, 5.74) is 2.24. The summed E-state index contributed by atoms with van der Waals surface area (Å²) in [6.07, 6.45) is 0. The van der Waals surface area contributed by atoms with Gasteiger partial charge in [0, 0.05) is 12.5 Å². The number of quaternary nitrogens is 1. The van der Waals surface area contributed by atoms with Crippen LogP contribution >= 0.6 is 0 Å². The lowest BCUT2D eigenvalue weighted by molar-refractivity contribution is -0.489. The standard InChI is InChI=1S/C10H12FNO3/c1-10(12,9(13)14)6-3-4-8(15-2)7(11)5-6/h3-5H,12H2,1-2H3,(H,13,14)/t10-/m1/s1. The average molecular weight is 213 g/mol. The van der Waals surface area contributed by atoms with Crippen molar-refractivity contribution < 1.29 is 24.8 Å². The maximum absolute atomic E-state index is 13.3. The van der Waals surface area contributed by atoms with E-state index in [1.54, 1.807) is 0 Å². The molecule has 0 amide bonds. The number of ether oxygens (including phenoxy) is 1. The molecule has 0 aromatic heterocycles. The topological polar surface area (TPSA) is 77.0 Å². The third-order valence-corrected chi connectivity index (χ3v) is 2.24. The van der Waals surface area contributed by atoms with Crippen LogP contribution in [0.4, 0.5) is 4.39 Å². The van der Waals surface area contributed by atoms with Crippen LogP contribution in [0.25, 0.3) is 0 Å². The highest BCUT2D eigenvalue weighted by atomic mass is 19.1. The molecule has 15 heavy (non-hydrogen) atoms. The van der Waals surface area contributed by atoms with Crippen molar-refractivity contribution in [2.75, 3.05) is 7.11 Å². The largest absolute Gasteiger partial charge is 0.543 e. The maximum atomic E-state index is 13.3. The first kappa shape index (κ1) is 11.5. The third kappa shape index (κ3) is 2.07. The van der Waals surface area contributed by atoms with Crippen LogP contribution in [-0.4, -0.2) is 13.1 Å². The van der Waals surface area contributed by atoms with Crippen LogP contribution in [-0.2, 0) is 10.3 Å². The molecule has 4 nitrogen and oxygen atoms in total. The molecule has 0 bridgehead atoms. The molecule has 0 aliphatic heterocycles. The molecule has 0 fully saturated rings. The zero-order valence-corrected chi connectivity index (χ0v) is 8.54. The lowest BCUT2D eigenvalue weighted by atomic mass is 9.93. The van der Waals surface area contributed by atoms with Crippen LogP contribution in [0.2, 0.25) is 0 Å². The fourth-order valence-corrected chi connectivity index (χ4v) is 1.13. The molecule has 0 radical (unpaired) electrons. The number of methoxy groups -OCH3 is 1. The average Bonchev–Trinajstić information content (AvgIpc) is 2.17. The molecule has 0 unspecified atom stereocenters. The lowest BCUT2D eigenvalue weighted by Gasteiger charge is -2.22. The molecular weight excluding hydrogens is 201 g/mol. The first-order valence-corrected chi connectivity index (χ1v) is 4.30. The molecule has 0 saturated heterocycles. The number of carboxylic acids is 1. The van der Waals surface area contributed by atoms with Gasteiger partial charge < -0.3 is 20.4 Å². The van der Waals surface area contributed by atoms with Crippen molar-refractivity contribution in [1.82, 2.24) is 0 Å². The predicted molar refractivity (Wildman–Crippen MR) is 48.2 cm³/mol. The summed E-state index contributed by atoms with van der Waals surface area (Å²) in [5, 5.41) is 10.8. The smallest absolute Gasteiger partial charge is 0.165 e. The van der Waals surface area contributed by atoms with Gasteiger partial charge in [-0.3, -0.25) is 0 Å². The highest BCUT2D eigenvalue weighted by Crippen LogP contribution is 2.22. The fourth-order valence-electron chi connectivity index (χ4n) is 1.13. The van der Waals surface area contributed by atoms with Gasteiger partial charge in [0.25, 0.3) is 0 Å². The number of carboxylic acid groups (broad SMARTS) is 1. The summed E-state index contributed by atoms with van der Waals surface area (Å²) in [6.45, 7) is 1.35. The normalized spacial score (nSPS) is 14.4. The van der Waals surface area contributed by atoms with Gasteiger partial charge in [0.05, 0.1) is 7.11 Å². The molecule has 1 aromatic rings. The van der Waals surface area contributed by atoms with E-state index in [9.17, 15) is 14.3 Å². The Kier molecular flexibility index (Phi) is 2.95. The summed E-state index contributed by atoms with van der Waals surface area (Å²) >= 11 is 0. The zero-order chi connectivity index (χ0) is 11.6. The summed E-state index contributed by atoms with van der Waals surface area (Å²) in [5.74, 6) is -1.91. The summed E-state index contributed by atoms with van der Waals surface area (Å²) < 4.78 is 18.0. The van der Waals surface area contributed by atoms with Crippen molar-refractivity contribution in [3.8, 4) is 5.75 Å². The second kappa shape index (κ2) is 3.86. The van der Waals surface area contributed by atoms with Gasteiger partial charge in [0.2, 0.25) is 0 Å². The van der Waals surface area contributed by atoms with Gasteiger partial charge in [-0.25, -0.2) is 4.39 Å². The van der Waals surface area contributed by atoms with Crippen LogP contribution in [0, 0.1) is 5.82 Å². The minimum Gasteiger partial charge on any atom is -0.543 e. The Balaban J connectivity index is 3.18. The number of carbonyl (C=O) groups is 1. The number of hydrogen-bond acceptors (Lipinski definition) is 3. The SMILES string of the molecule is COc1ccc([C@@](C)([NH3+])C(=O)[O-])cc1F. The van der Waals surface area contributed by atoms with E-state index < -0.39 is 17.3 Å².